The Morgan fingerprint density at radius 3 is 2.11 bits per heavy atom. The maximum atomic E-state index is 11.4. The highest BCUT2D eigenvalue weighted by molar-refractivity contribution is 5.75. The quantitative estimate of drug-likeness (QED) is 0.123. The first-order valence-electron chi connectivity index (χ1n) is 18.3. The highest BCUT2D eigenvalue weighted by Gasteiger charge is 2.45. The van der Waals surface area contributed by atoms with Gasteiger partial charge in [-0.25, -0.2) is 0 Å². The molecule has 3 unspecified atom stereocenters. The third-order valence-electron chi connectivity index (χ3n) is 9.84. The van der Waals surface area contributed by atoms with Crippen LogP contribution in [0.3, 0.4) is 0 Å². The summed E-state index contributed by atoms with van der Waals surface area (Å²) >= 11 is 0. The first-order chi connectivity index (χ1) is 22.6. The summed E-state index contributed by atoms with van der Waals surface area (Å²) in [5, 5.41) is 0. The molecule has 0 radical (unpaired) electrons. The van der Waals surface area contributed by atoms with E-state index in [1.54, 1.807) is 6.92 Å². The molecule has 0 N–H and O–H groups in total. The molecule has 4 fully saturated rings. The van der Waals surface area contributed by atoms with Crippen molar-refractivity contribution >= 4 is 5.78 Å². The second kappa shape index (κ2) is 21.3. The number of carbonyl (C=O) groups excluding carboxylic acids is 1. The van der Waals surface area contributed by atoms with Gasteiger partial charge in [0.1, 0.15) is 5.78 Å². The van der Waals surface area contributed by atoms with Crippen molar-refractivity contribution in [1.82, 2.24) is 0 Å². The van der Waals surface area contributed by atoms with E-state index >= 15 is 0 Å². The van der Waals surface area contributed by atoms with Crippen LogP contribution in [0.15, 0.2) is 54.6 Å². The minimum absolute atomic E-state index is 0. The molecule has 7 nitrogen and oxygen atoms in total. The van der Waals surface area contributed by atoms with E-state index in [4.69, 9.17) is 28.4 Å². The lowest BCUT2D eigenvalue weighted by atomic mass is 9.89. The monoisotopic (exact) mass is 654 g/mol. The number of carbonyl (C=O) groups is 1. The predicted octanol–water partition coefficient (Wildman–Crippen LogP) is 8.89. The minimum atomic E-state index is -0.164. The molecule has 3 saturated heterocycles. The van der Waals surface area contributed by atoms with E-state index in [1.165, 1.54) is 5.56 Å². The molecule has 1 aromatic carbocycles. The Kier molecular flexibility index (Phi) is 17.2. The number of ether oxygens (including phenoxy) is 6. The van der Waals surface area contributed by atoms with E-state index in [0.29, 0.717) is 6.42 Å². The second-order valence-corrected chi connectivity index (χ2v) is 13.6. The molecule has 0 aromatic heterocycles. The molecule has 8 atom stereocenters. The zero-order valence-electron chi connectivity index (χ0n) is 28.1. The third kappa shape index (κ3) is 13.2. The van der Waals surface area contributed by atoms with Crippen molar-refractivity contribution in [2.24, 2.45) is 11.8 Å². The fraction of sp³-hybridized carbons (Fsp3) is 0.725. The lowest BCUT2D eigenvalue weighted by Gasteiger charge is -2.30. The first-order valence-corrected chi connectivity index (χ1v) is 18.3. The smallest absolute Gasteiger partial charge is 0.158 e. The SMILES string of the molecule is C.CC(=O)CCC/C=C\C[C@@H]1[C@@H](/C=C/[C@H](CCc2ccccc2)OC2CCCCO2)[C@H](OC2CCCCO2)C[C@@H]1OC1CCCCO1. The van der Waals surface area contributed by atoms with E-state index < -0.39 is 0 Å². The van der Waals surface area contributed by atoms with Crippen LogP contribution in [-0.2, 0) is 39.6 Å². The number of unbranched alkanes of at least 4 members (excludes halogenated alkanes) is 1. The van der Waals surface area contributed by atoms with Crippen LogP contribution in [0, 0.1) is 11.8 Å². The number of hydrogen-bond acceptors (Lipinski definition) is 7. The van der Waals surface area contributed by atoms with Crippen molar-refractivity contribution in [3.63, 3.8) is 0 Å². The minimum Gasteiger partial charge on any atom is -0.353 e. The summed E-state index contributed by atoms with van der Waals surface area (Å²) in [7, 11) is 0. The molecule has 7 heteroatoms. The Balaban J connectivity index is 0.00000500. The van der Waals surface area contributed by atoms with E-state index in [0.717, 1.165) is 116 Å². The molecule has 0 amide bonds. The molecule has 4 aliphatic rings. The summed E-state index contributed by atoms with van der Waals surface area (Å²) in [5.41, 5.74) is 1.32. The van der Waals surface area contributed by atoms with Gasteiger partial charge in [-0.15, -0.1) is 0 Å². The fourth-order valence-corrected chi connectivity index (χ4v) is 7.26. The molecule has 1 aliphatic carbocycles. The van der Waals surface area contributed by atoms with E-state index in [9.17, 15) is 4.79 Å². The Hall–Kier alpha value is -1.87. The zero-order valence-corrected chi connectivity index (χ0v) is 28.1. The van der Waals surface area contributed by atoms with Gasteiger partial charge in [0.05, 0.1) is 18.3 Å². The van der Waals surface area contributed by atoms with Crippen LogP contribution in [0.2, 0.25) is 0 Å². The average Bonchev–Trinajstić information content (AvgIpc) is 3.40. The van der Waals surface area contributed by atoms with Gasteiger partial charge < -0.3 is 33.2 Å². The molecule has 5 rings (SSSR count). The van der Waals surface area contributed by atoms with Crippen molar-refractivity contribution < 1.29 is 33.2 Å². The summed E-state index contributed by atoms with van der Waals surface area (Å²) in [6.45, 7) is 3.96. The fourth-order valence-electron chi connectivity index (χ4n) is 7.26. The topological polar surface area (TPSA) is 72.5 Å². The van der Waals surface area contributed by atoms with Gasteiger partial charge in [-0.1, -0.05) is 62.1 Å². The molecule has 1 aromatic rings. The molecule has 0 bridgehead atoms. The summed E-state index contributed by atoms with van der Waals surface area (Å²) < 4.78 is 38.3. The summed E-state index contributed by atoms with van der Waals surface area (Å²) in [4.78, 5) is 11.4. The van der Waals surface area contributed by atoms with Gasteiger partial charge in [0.25, 0.3) is 0 Å². The molecular formula is C40H62O7. The van der Waals surface area contributed by atoms with Crippen LogP contribution in [0.1, 0.15) is 116 Å². The number of allylic oxidation sites excluding steroid dienone is 2. The number of Topliss-reactive ketones (excluding diaryl/α,β-unsaturated/α-hetero) is 1. The molecule has 264 valence electrons. The van der Waals surface area contributed by atoms with E-state index in [1.807, 2.05) is 0 Å². The van der Waals surface area contributed by atoms with Crippen LogP contribution in [0.4, 0.5) is 0 Å². The largest absolute Gasteiger partial charge is 0.353 e. The maximum absolute atomic E-state index is 11.4. The van der Waals surface area contributed by atoms with Crippen molar-refractivity contribution in [1.29, 1.82) is 0 Å². The normalized spacial score (nSPS) is 30.8. The Morgan fingerprint density at radius 2 is 1.49 bits per heavy atom. The third-order valence-corrected chi connectivity index (χ3v) is 9.84. The van der Waals surface area contributed by atoms with Crippen molar-refractivity contribution in [2.75, 3.05) is 19.8 Å². The standard InChI is InChI=1S/C39H58O7.CH4/c1-30(40)15-5-2-3-8-18-33-34(25-24-32(44-37-19-9-12-26-41-37)23-22-31-16-6-4-7-17-31)36(46-39-21-11-14-28-43-39)29-35(33)45-38-20-10-13-27-42-38;/h3-4,6-8,16-17,24-25,32-39H,2,5,9-15,18-23,26-29H2,1H3;1H4/b8-3-,25-24+;/t32-,33+,34+,35-,36+,37?,38?,39?;/m0./s1. The summed E-state index contributed by atoms with van der Waals surface area (Å²) in [5.74, 6) is 0.638. The van der Waals surface area contributed by atoms with Crippen LogP contribution < -0.4 is 0 Å². The van der Waals surface area contributed by atoms with Gasteiger partial charge in [-0.3, -0.25) is 0 Å². The van der Waals surface area contributed by atoms with Gasteiger partial charge in [-0.05, 0) is 108 Å². The first kappa shape index (κ1) is 37.9. The Bertz CT molecular complexity index is 1040. The highest BCUT2D eigenvalue weighted by Crippen LogP contribution is 2.42. The van der Waals surface area contributed by atoms with Crippen LogP contribution in [-0.4, -0.2) is 62.8 Å². The molecule has 1 saturated carbocycles. The second-order valence-electron chi connectivity index (χ2n) is 13.6. The number of hydrogen-bond donors (Lipinski definition) is 0. The van der Waals surface area contributed by atoms with Gasteiger partial charge in [0, 0.05) is 38.6 Å². The Morgan fingerprint density at radius 1 is 0.851 bits per heavy atom. The van der Waals surface area contributed by atoms with Gasteiger partial charge >= 0.3 is 0 Å². The number of ketones is 1. The zero-order chi connectivity index (χ0) is 31.8. The number of benzene rings is 1. The lowest BCUT2D eigenvalue weighted by molar-refractivity contribution is -0.203. The molecule has 3 aliphatic heterocycles. The van der Waals surface area contributed by atoms with Crippen LogP contribution >= 0.6 is 0 Å². The van der Waals surface area contributed by atoms with E-state index in [-0.39, 0.29) is 62.2 Å². The van der Waals surface area contributed by atoms with Crippen molar-refractivity contribution in [3.05, 3.63) is 60.2 Å². The van der Waals surface area contributed by atoms with Crippen LogP contribution in [0.5, 0.6) is 0 Å². The highest BCUT2D eigenvalue weighted by atomic mass is 16.7. The Labute approximate surface area is 284 Å². The molecule has 47 heavy (non-hydrogen) atoms. The summed E-state index contributed by atoms with van der Waals surface area (Å²) in [6.07, 6.45) is 24.2. The predicted molar refractivity (Wildman–Crippen MR) is 186 cm³/mol. The van der Waals surface area contributed by atoms with E-state index in [2.05, 4.69) is 54.6 Å². The van der Waals surface area contributed by atoms with Crippen molar-refractivity contribution in [2.45, 2.75) is 154 Å². The number of aryl methyl sites for hydroxylation is 1. The molecular weight excluding hydrogens is 592 g/mol. The summed E-state index contributed by atoms with van der Waals surface area (Å²) in [6, 6.07) is 10.7. The maximum Gasteiger partial charge on any atom is 0.158 e. The van der Waals surface area contributed by atoms with Crippen LogP contribution in [0.25, 0.3) is 0 Å². The van der Waals surface area contributed by atoms with Gasteiger partial charge in [0.15, 0.2) is 18.9 Å². The molecule has 0 spiro atoms. The van der Waals surface area contributed by atoms with Gasteiger partial charge in [0.2, 0.25) is 0 Å². The molecule has 3 heterocycles. The van der Waals surface area contributed by atoms with Crippen molar-refractivity contribution in [3.8, 4) is 0 Å². The lowest BCUT2D eigenvalue weighted by Crippen LogP contribution is -2.31. The average molecular weight is 655 g/mol. The van der Waals surface area contributed by atoms with Gasteiger partial charge in [-0.2, -0.15) is 0 Å². The number of rotatable bonds is 17.